The van der Waals surface area contributed by atoms with E-state index in [4.69, 9.17) is 14.6 Å². The third-order valence-corrected chi connectivity index (χ3v) is 4.79. The number of sulfonamides is 1. The number of nitrogens with two attached hydrogens (primary N) is 1. The monoisotopic (exact) mass is 328 g/mol. The lowest BCUT2D eigenvalue weighted by molar-refractivity contribution is -0.128. The molecular weight excluding hydrogens is 308 g/mol. The highest BCUT2D eigenvalue weighted by Gasteiger charge is 2.36. The average molecular weight is 328 g/mol. The van der Waals surface area contributed by atoms with Crippen LogP contribution in [0.4, 0.5) is 0 Å². The van der Waals surface area contributed by atoms with Crippen molar-refractivity contribution in [1.82, 2.24) is 4.90 Å². The minimum atomic E-state index is -3.70. The molecule has 2 N–H and O–H groups in total. The van der Waals surface area contributed by atoms with Crippen LogP contribution in [-0.2, 0) is 21.4 Å². The first kappa shape index (κ1) is 16.6. The van der Waals surface area contributed by atoms with E-state index in [1.165, 1.54) is 4.90 Å². The maximum absolute atomic E-state index is 11.9. The maximum Gasteiger partial charge on any atom is 0.224 e. The van der Waals surface area contributed by atoms with E-state index in [9.17, 15) is 13.2 Å². The van der Waals surface area contributed by atoms with Crippen LogP contribution in [0.1, 0.15) is 18.9 Å². The Morgan fingerprint density at radius 2 is 2.09 bits per heavy atom. The van der Waals surface area contributed by atoms with E-state index in [1.54, 1.807) is 19.2 Å². The fourth-order valence-electron chi connectivity index (χ4n) is 2.42. The number of primary sulfonamides is 1. The number of amides is 1. The van der Waals surface area contributed by atoms with Gasteiger partial charge in [-0.2, -0.15) is 0 Å². The van der Waals surface area contributed by atoms with Crippen LogP contribution in [0.2, 0.25) is 0 Å². The zero-order valence-corrected chi connectivity index (χ0v) is 13.4. The van der Waals surface area contributed by atoms with Crippen molar-refractivity contribution in [3.8, 4) is 11.5 Å². The second-order valence-electron chi connectivity index (χ2n) is 5.11. The van der Waals surface area contributed by atoms with Gasteiger partial charge in [0.05, 0.1) is 13.7 Å². The van der Waals surface area contributed by atoms with Crippen molar-refractivity contribution in [1.29, 1.82) is 0 Å². The molecule has 1 aliphatic heterocycles. The first-order chi connectivity index (χ1) is 10.3. The van der Waals surface area contributed by atoms with E-state index in [0.29, 0.717) is 24.7 Å². The van der Waals surface area contributed by atoms with Crippen LogP contribution >= 0.6 is 0 Å². The summed E-state index contributed by atoms with van der Waals surface area (Å²) in [6.45, 7) is 2.80. The van der Waals surface area contributed by atoms with Gasteiger partial charge in [-0.25, -0.2) is 13.6 Å². The number of carbonyl (C=O) groups excluding carboxylic acids is 1. The predicted octanol–water partition coefficient (Wildman–Crippen LogP) is 0.483. The van der Waals surface area contributed by atoms with Crippen LogP contribution in [0.5, 0.6) is 11.5 Å². The maximum atomic E-state index is 11.9. The summed E-state index contributed by atoms with van der Waals surface area (Å²) in [7, 11) is -2.14. The Hall–Kier alpha value is -1.80. The van der Waals surface area contributed by atoms with Gasteiger partial charge in [-0.05, 0) is 24.6 Å². The lowest BCUT2D eigenvalue weighted by Gasteiger charge is -2.17. The molecule has 0 spiro atoms. The smallest absolute Gasteiger partial charge is 0.224 e. The summed E-state index contributed by atoms with van der Waals surface area (Å²) in [6.07, 6.45) is -0.0622. The number of hydrogen-bond donors (Lipinski definition) is 1. The summed E-state index contributed by atoms with van der Waals surface area (Å²) in [6, 6.07) is 5.37. The topological polar surface area (TPSA) is 98.9 Å². The Morgan fingerprint density at radius 1 is 1.36 bits per heavy atom. The fourth-order valence-corrected chi connectivity index (χ4v) is 3.18. The van der Waals surface area contributed by atoms with Gasteiger partial charge in [0.25, 0.3) is 0 Å². The quantitative estimate of drug-likeness (QED) is 0.819. The van der Waals surface area contributed by atoms with Gasteiger partial charge >= 0.3 is 0 Å². The van der Waals surface area contributed by atoms with E-state index in [1.807, 2.05) is 13.0 Å². The van der Waals surface area contributed by atoms with Gasteiger partial charge in [-0.3, -0.25) is 4.79 Å². The van der Waals surface area contributed by atoms with Gasteiger partial charge in [-0.1, -0.05) is 6.07 Å². The van der Waals surface area contributed by atoms with Crippen molar-refractivity contribution < 1.29 is 22.7 Å². The number of hydrogen-bond acceptors (Lipinski definition) is 5. The summed E-state index contributed by atoms with van der Waals surface area (Å²) in [5.41, 5.74) is 0.840. The SMILES string of the molecule is CCOc1cc(CN2CC(S(N)(=O)=O)CC2=O)ccc1OC. The van der Waals surface area contributed by atoms with E-state index in [2.05, 4.69) is 0 Å². The van der Waals surface area contributed by atoms with E-state index < -0.39 is 15.3 Å². The van der Waals surface area contributed by atoms with Gasteiger partial charge in [0.15, 0.2) is 11.5 Å². The molecule has 1 amide bonds. The zero-order valence-electron chi connectivity index (χ0n) is 12.6. The third kappa shape index (κ3) is 3.69. The number of carbonyl (C=O) groups is 1. The summed E-state index contributed by atoms with van der Waals surface area (Å²) < 4.78 is 33.4. The first-order valence-corrected chi connectivity index (χ1v) is 8.55. The van der Waals surface area contributed by atoms with Crippen molar-refractivity contribution >= 4 is 15.9 Å². The largest absolute Gasteiger partial charge is 0.493 e. The normalized spacial score (nSPS) is 18.6. The Labute approximate surface area is 130 Å². The first-order valence-electron chi connectivity index (χ1n) is 6.94. The van der Waals surface area contributed by atoms with Crippen LogP contribution < -0.4 is 14.6 Å². The summed E-state index contributed by atoms with van der Waals surface area (Å²) >= 11 is 0. The Balaban J connectivity index is 2.14. The molecule has 1 aromatic carbocycles. The zero-order chi connectivity index (χ0) is 16.3. The van der Waals surface area contributed by atoms with Gasteiger partial charge in [0.1, 0.15) is 5.25 Å². The Bertz CT molecular complexity index is 659. The predicted molar refractivity (Wildman–Crippen MR) is 81.1 cm³/mol. The molecule has 1 aliphatic rings. The number of ether oxygens (including phenoxy) is 2. The molecule has 1 unspecified atom stereocenters. The summed E-state index contributed by atoms with van der Waals surface area (Å²) in [5.74, 6) is 0.991. The molecule has 1 aromatic rings. The minimum Gasteiger partial charge on any atom is -0.493 e. The molecular formula is C14H20N2O5S. The van der Waals surface area contributed by atoms with Crippen LogP contribution in [0.15, 0.2) is 18.2 Å². The molecule has 0 aromatic heterocycles. The second-order valence-corrected chi connectivity index (χ2v) is 6.95. The molecule has 0 aliphatic carbocycles. The van der Waals surface area contributed by atoms with E-state index >= 15 is 0 Å². The van der Waals surface area contributed by atoms with E-state index in [0.717, 1.165) is 5.56 Å². The Kier molecular flexibility index (Phi) is 4.92. The molecule has 0 saturated carbocycles. The molecule has 22 heavy (non-hydrogen) atoms. The van der Waals surface area contributed by atoms with Crippen molar-refractivity contribution in [2.45, 2.75) is 25.1 Å². The standard InChI is InChI=1S/C14H20N2O5S/c1-3-21-13-6-10(4-5-12(13)20-2)8-16-9-11(7-14(16)17)22(15,18)19/h4-6,11H,3,7-9H2,1-2H3,(H2,15,18,19). The second kappa shape index (κ2) is 6.53. The van der Waals surface area contributed by atoms with Gasteiger partial charge in [0, 0.05) is 19.5 Å². The fraction of sp³-hybridized carbons (Fsp3) is 0.500. The molecule has 122 valence electrons. The van der Waals surface area contributed by atoms with Gasteiger partial charge in [0.2, 0.25) is 15.9 Å². The molecule has 7 nitrogen and oxygen atoms in total. The number of rotatable bonds is 6. The lowest BCUT2D eigenvalue weighted by atomic mass is 10.2. The molecule has 1 atom stereocenters. The summed E-state index contributed by atoms with van der Waals surface area (Å²) in [5, 5.41) is 4.29. The molecule has 2 rings (SSSR count). The molecule has 1 fully saturated rings. The third-order valence-electron chi connectivity index (χ3n) is 3.54. The van der Waals surface area contributed by atoms with Crippen molar-refractivity contribution in [3.63, 3.8) is 0 Å². The van der Waals surface area contributed by atoms with Gasteiger partial charge in [-0.15, -0.1) is 0 Å². The number of nitrogens with zero attached hydrogens (tertiary/aromatic N) is 1. The molecule has 8 heteroatoms. The van der Waals surface area contributed by atoms with Crippen molar-refractivity contribution in [2.24, 2.45) is 5.14 Å². The minimum absolute atomic E-state index is 0.0622. The molecule has 0 radical (unpaired) electrons. The van der Waals surface area contributed by atoms with Crippen molar-refractivity contribution in [2.75, 3.05) is 20.3 Å². The number of likely N-dealkylation sites (tertiary alicyclic amines) is 1. The molecule has 0 bridgehead atoms. The van der Waals surface area contributed by atoms with Crippen LogP contribution in [-0.4, -0.2) is 44.7 Å². The molecule has 1 saturated heterocycles. The van der Waals surface area contributed by atoms with E-state index in [-0.39, 0.29) is 18.9 Å². The highest BCUT2D eigenvalue weighted by Crippen LogP contribution is 2.29. The Morgan fingerprint density at radius 3 is 2.64 bits per heavy atom. The number of benzene rings is 1. The number of methoxy groups -OCH3 is 1. The van der Waals surface area contributed by atoms with Crippen LogP contribution in [0.25, 0.3) is 0 Å². The van der Waals surface area contributed by atoms with Crippen LogP contribution in [0, 0.1) is 0 Å². The summed E-state index contributed by atoms with van der Waals surface area (Å²) in [4.78, 5) is 13.4. The highest BCUT2D eigenvalue weighted by atomic mass is 32.2. The highest BCUT2D eigenvalue weighted by molar-refractivity contribution is 7.89. The van der Waals surface area contributed by atoms with Gasteiger partial charge < -0.3 is 14.4 Å². The van der Waals surface area contributed by atoms with Crippen LogP contribution in [0.3, 0.4) is 0 Å². The average Bonchev–Trinajstić information content (AvgIpc) is 2.81. The lowest BCUT2D eigenvalue weighted by Crippen LogP contribution is -2.31. The molecule has 1 heterocycles. The van der Waals surface area contributed by atoms with Crippen molar-refractivity contribution in [3.05, 3.63) is 23.8 Å².